The molecule has 1 N–H and O–H groups in total. The highest BCUT2D eigenvalue weighted by Gasteiger charge is 2.60. The Morgan fingerprint density at radius 1 is 1.24 bits per heavy atom. The second-order valence-electron chi connectivity index (χ2n) is 8.81. The van der Waals surface area contributed by atoms with Crippen LogP contribution in [0.2, 0.25) is 0 Å². The number of carbonyl (C=O) groups is 3. The van der Waals surface area contributed by atoms with Crippen molar-refractivity contribution in [3.63, 3.8) is 0 Å². The summed E-state index contributed by atoms with van der Waals surface area (Å²) in [7, 11) is 0. The predicted molar refractivity (Wildman–Crippen MR) is 92.7 cm³/mol. The van der Waals surface area contributed by atoms with Gasteiger partial charge in [0.2, 0.25) is 0 Å². The second kappa shape index (κ2) is 5.47. The first kappa shape index (κ1) is 16.9. The Morgan fingerprint density at radius 3 is 2.72 bits per heavy atom. The number of ketones is 3. The number of allylic oxidation sites excluding steroid dienone is 4. The van der Waals surface area contributed by atoms with E-state index in [-0.39, 0.29) is 40.5 Å². The van der Waals surface area contributed by atoms with Gasteiger partial charge in [0.15, 0.2) is 11.6 Å². The molecular weight excluding hydrogens is 316 g/mol. The zero-order valence-electron chi connectivity index (χ0n) is 15.0. The smallest absolute Gasteiger partial charge is 0.162 e. The van der Waals surface area contributed by atoms with Crippen LogP contribution in [-0.4, -0.2) is 29.1 Å². The second-order valence-corrected chi connectivity index (χ2v) is 8.81. The summed E-state index contributed by atoms with van der Waals surface area (Å²) in [6, 6.07) is 0. The van der Waals surface area contributed by atoms with Crippen LogP contribution in [0.25, 0.3) is 0 Å². The van der Waals surface area contributed by atoms with Crippen molar-refractivity contribution in [2.24, 2.45) is 28.6 Å². The average molecular weight is 342 g/mol. The lowest BCUT2D eigenvalue weighted by atomic mass is 9.47. The van der Waals surface area contributed by atoms with E-state index in [4.69, 9.17) is 0 Å². The highest BCUT2D eigenvalue weighted by molar-refractivity contribution is 5.94. The molecule has 2 saturated carbocycles. The van der Waals surface area contributed by atoms with Gasteiger partial charge in [0.05, 0.1) is 0 Å². The van der Waals surface area contributed by atoms with E-state index < -0.39 is 12.0 Å². The number of aliphatic hydroxyl groups is 1. The highest BCUT2D eigenvalue weighted by atomic mass is 16.3. The van der Waals surface area contributed by atoms with Gasteiger partial charge in [-0.25, -0.2) is 0 Å². The Bertz CT molecular complexity index is 730. The maximum atomic E-state index is 13.3. The third-order valence-corrected chi connectivity index (χ3v) is 7.61. The van der Waals surface area contributed by atoms with Gasteiger partial charge in [-0.2, -0.15) is 0 Å². The molecule has 0 bridgehead atoms. The van der Waals surface area contributed by atoms with Gasteiger partial charge in [0.25, 0.3) is 0 Å². The van der Waals surface area contributed by atoms with Crippen molar-refractivity contribution < 1.29 is 19.5 Å². The lowest BCUT2D eigenvalue weighted by Crippen LogP contribution is -2.53. The number of carbonyl (C=O) groups excluding carboxylic acids is 3. The third-order valence-electron chi connectivity index (χ3n) is 7.61. The van der Waals surface area contributed by atoms with E-state index in [1.54, 1.807) is 6.08 Å². The lowest BCUT2D eigenvalue weighted by Gasteiger charge is -2.55. The van der Waals surface area contributed by atoms with Crippen LogP contribution in [0.3, 0.4) is 0 Å². The molecule has 2 fully saturated rings. The Balaban J connectivity index is 1.74. The SMILES string of the molecule is C[C@]12CC(=O)[C@H]3[C@@H](CCC4=CC(=O)CC[C@@]43C)C1=CC[C@@H]2C(=O)CO. The Labute approximate surface area is 148 Å². The van der Waals surface area contributed by atoms with E-state index in [0.717, 1.165) is 24.8 Å². The number of fused-ring (bicyclic) bond motifs is 5. The Kier molecular flexibility index (Phi) is 3.70. The number of hydrogen-bond donors (Lipinski definition) is 1. The Morgan fingerprint density at radius 2 is 2.00 bits per heavy atom. The van der Waals surface area contributed by atoms with Crippen molar-refractivity contribution in [2.75, 3.05) is 6.61 Å². The molecular formula is C21H26O4. The third kappa shape index (κ3) is 2.19. The first-order chi connectivity index (χ1) is 11.8. The maximum absolute atomic E-state index is 13.3. The number of hydrogen-bond acceptors (Lipinski definition) is 4. The van der Waals surface area contributed by atoms with Crippen LogP contribution >= 0.6 is 0 Å². The number of aliphatic hydroxyl groups excluding tert-OH is 1. The molecule has 0 unspecified atom stereocenters. The van der Waals surface area contributed by atoms with Gasteiger partial charge in [0.1, 0.15) is 12.4 Å². The summed E-state index contributed by atoms with van der Waals surface area (Å²) in [5.41, 5.74) is 1.78. The van der Waals surface area contributed by atoms with Crippen molar-refractivity contribution in [1.82, 2.24) is 0 Å². The van der Waals surface area contributed by atoms with Crippen LogP contribution in [0, 0.1) is 28.6 Å². The number of rotatable bonds is 2. The summed E-state index contributed by atoms with van der Waals surface area (Å²) in [6.45, 7) is 3.75. The van der Waals surface area contributed by atoms with Crippen molar-refractivity contribution in [3.05, 3.63) is 23.3 Å². The molecule has 0 saturated heterocycles. The van der Waals surface area contributed by atoms with E-state index in [1.165, 1.54) is 5.57 Å². The van der Waals surface area contributed by atoms with Crippen LogP contribution in [0.15, 0.2) is 23.3 Å². The van der Waals surface area contributed by atoms with Crippen LogP contribution in [0.5, 0.6) is 0 Å². The van der Waals surface area contributed by atoms with E-state index in [0.29, 0.717) is 19.3 Å². The van der Waals surface area contributed by atoms with Gasteiger partial charge in [-0.1, -0.05) is 31.1 Å². The van der Waals surface area contributed by atoms with Crippen molar-refractivity contribution in [3.8, 4) is 0 Å². The van der Waals surface area contributed by atoms with Gasteiger partial charge in [-0.15, -0.1) is 0 Å². The molecule has 0 aromatic heterocycles. The van der Waals surface area contributed by atoms with Crippen molar-refractivity contribution in [1.29, 1.82) is 0 Å². The summed E-state index contributed by atoms with van der Waals surface area (Å²) in [4.78, 5) is 37.3. The predicted octanol–water partition coefficient (Wildman–Crippen LogP) is 2.80. The molecule has 4 aliphatic carbocycles. The standard InChI is InChI=1S/C21H26O4/c1-20-8-7-13(23)9-12(20)3-4-14-15-5-6-16(18(25)11-22)21(15,2)10-17(24)19(14)20/h5,9,14,16,19,22H,3-4,6-8,10-11H2,1-2H3/t14-,16+,19+,20-,21-/m0/s1. The summed E-state index contributed by atoms with van der Waals surface area (Å²) in [6.07, 6.45) is 8.02. The highest BCUT2D eigenvalue weighted by Crippen LogP contribution is 2.63. The molecule has 0 radical (unpaired) electrons. The zero-order chi connectivity index (χ0) is 18.0. The van der Waals surface area contributed by atoms with E-state index in [2.05, 4.69) is 13.0 Å². The fraction of sp³-hybridized carbons (Fsp3) is 0.667. The van der Waals surface area contributed by atoms with Gasteiger partial charge >= 0.3 is 0 Å². The monoisotopic (exact) mass is 342 g/mol. The molecule has 5 atom stereocenters. The van der Waals surface area contributed by atoms with Crippen molar-refractivity contribution >= 4 is 17.3 Å². The molecule has 0 spiro atoms. The molecule has 0 amide bonds. The quantitative estimate of drug-likeness (QED) is 0.783. The molecule has 0 aliphatic heterocycles. The Hall–Kier alpha value is -1.55. The van der Waals surface area contributed by atoms with E-state index in [9.17, 15) is 19.5 Å². The topological polar surface area (TPSA) is 71.4 Å². The minimum absolute atomic E-state index is 0.0668. The largest absolute Gasteiger partial charge is 0.389 e. The average Bonchev–Trinajstić information content (AvgIpc) is 2.91. The molecule has 4 nitrogen and oxygen atoms in total. The van der Waals surface area contributed by atoms with E-state index in [1.807, 2.05) is 6.92 Å². The zero-order valence-corrected chi connectivity index (χ0v) is 15.0. The fourth-order valence-corrected chi connectivity index (χ4v) is 6.33. The minimum Gasteiger partial charge on any atom is -0.389 e. The van der Waals surface area contributed by atoms with Crippen LogP contribution < -0.4 is 0 Å². The first-order valence-electron chi connectivity index (χ1n) is 9.42. The molecule has 4 aliphatic rings. The minimum atomic E-state index is -0.448. The van der Waals surface area contributed by atoms with E-state index >= 15 is 0 Å². The number of Topliss-reactive ketones (excluding diaryl/α,β-unsaturated/α-hetero) is 2. The van der Waals surface area contributed by atoms with Gasteiger partial charge in [-0.3, -0.25) is 14.4 Å². The summed E-state index contributed by atoms with van der Waals surface area (Å²) < 4.78 is 0. The molecule has 0 aromatic rings. The molecule has 0 aromatic carbocycles. The van der Waals surface area contributed by atoms with Crippen LogP contribution in [0.1, 0.15) is 52.4 Å². The molecule has 0 heterocycles. The molecule has 134 valence electrons. The fourth-order valence-electron chi connectivity index (χ4n) is 6.33. The first-order valence-corrected chi connectivity index (χ1v) is 9.42. The van der Waals surface area contributed by atoms with Crippen LogP contribution in [-0.2, 0) is 14.4 Å². The van der Waals surface area contributed by atoms with Gasteiger partial charge in [0, 0.05) is 30.1 Å². The van der Waals surface area contributed by atoms with Crippen LogP contribution in [0.4, 0.5) is 0 Å². The molecule has 4 rings (SSSR count). The lowest BCUT2D eigenvalue weighted by molar-refractivity contribution is -0.139. The molecule has 25 heavy (non-hydrogen) atoms. The summed E-state index contributed by atoms with van der Waals surface area (Å²) in [5.74, 6) is 0.124. The molecule has 4 heteroatoms. The maximum Gasteiger partial charge on any atom is 0.162 e. The van der Waals surface area contributed by atoms with Gasteiger partial charge < -0.3 is 5.11 Å². The normalized spacial score (nSPS) is 42.9. The summed E-state index contributed by atoms with van der Waals surface area (Å²) in [5, 5.41) is 9.32. The summed E-state index contributed by atoms with van der Waals surface area (Å²) >= 11 is 0. The van der Waals surface area contributed by atoms with Gasteiger partial charge in [-0.05, 0) is 43.1 Å². The van der Waals surface area contributed by atoms with Crippen molar-refractivity contribution in [2.45, 2.75) is 52.4 Å².